The van der Waals surface area contributed by atoms with Gasteiger partial charge in [-0.3, -0.25) is 0 Å². The zero-order chi connectivity index (χ0) is 57.2. The van der Waals surface area contributed by atoms with Crippen molar-refractivity contribution in [3.63, 3.8) is 0 Å². The van der Waals surface area contributed by atoms with Gasteiger partial charge in [0, 0.05) is 97.2 Å². The topological polar surface area (TPSA) is 30.9 Å². The minimum absolute atomic E-state index is 0. The zero-order valence-corrected chi connectivity index (χ0v) is 48.2. The molecule has 4 nitrogen and oxygen atoms in total. The summed E-state index contributed by atoms with van der Waals surface area (Å²) in [5.74, 6) is 47.3. The van der Waals surface area contributed by atoms with E-state index in [0.717, 1.165) is 88.0 Å². The number of terminal acetylenes is 1. The van der Waals surface area contributed by atoms with Crippen LogP contribution in [0.15, 0.2) is 146 Å². The minimum Gasteiger partial charge on any atom is -0.494 e. The summed E-state index contributed by atoms with van der Waals surface area (Å²) in [6.45, 7) is 6.04. The van der Waals surface area contributed by atoms with Gasteiger partial charge in [-0.1, -0.05) is 165 Å². The summed E-state index contributed by atoms with van der Waals surface area (Å²) in [5.41, 5.74) is 8.40. The first-order chi connectivity index (χ1) is 40.6. The number of nitrogens with zero attached hydrogens (tertiary/aromatic N) is 1. The molecule has 0 saturated heterocycles. The lowest BCUT2D eigenvalue weighted by Crippen LogP contribution is -2.09. The predicted molar refractivity (Wildman–Crippen MR) is 367 cm³/mol. The van der Waals surface area contributed by atoms with Crippen LogP contribution in [0, 0.1) is 107 Å². The van der Waals surface area contributed by atoms with Crippen molar-refractivity contribution < 1.29 is 31.3 Å². The van der Waals surface area contributed by atoms with Crippen LogP contribution in [0.2, 0.25) is 0 Å². The van der Waals surface area contributed by atoms with Crippen LogP contribution < -0.4 is 19.1 Å². The summed E-state index contributed by atoms with van der Waals surface area (Å²) in [4.78, 5) is 2.23. The Balaban J connectivity index is -0.00000126. The lowest BCUT2D eigenvalue weighted by molar-refractivity contribution is 0.304. The van der Waals surface area contributed by atoms with Gasteiger partial charge in [0.25, 0.3) is 0 Å². The summed E-state index contributed by atoms with van der Waals surface area (Å²) in [6.07, 6.45) is 33.8. The number of anilines is 3. The van der Waals surface area contributed by atoms with Crippen molar-refractivity contribution in [2.75, 3.05) is 18.1 Å². The molecule has 0 aliphatic carbocycles. The third-order valence-electron chi connectivity index (χ3n) is 13.3. The van der Waals surface area contributed by atoms with Crippen LogP contribution in [0.3, 0.4) is 0 Å². The Bertz CT molecular complexity index is 3350. The van der Waals surface area contributed by atoms with E-state index < -0.39 is 0 Å². The molecule has 0 amide bonds. The van der Waals surface area contributed by atoms with Crippen molar-refractivity contribution in [2.45, 2.75) is 142 Å². The van der Waals surface area contributed by atoms with Crippen molar-refractivity contribution in [1.29, 1.82) is 0 Å². The first kappa shape index (κ1) is 61.8. The zero-order valence-electron chi connectivity index (χ0n) is 48.2. The van der Waals surface area contributed by atoms with Crippen LogP contribution in [0.4, 0.5) is 17.1 Å². The van der Waals surface area contributed by atoms with E-state index in [-0.39, 0.29) is 17.1 Å². The van der Waals surface area contributed by atoms with E-state index in [1.54, 1.807) is 0 Å². The molecule has 0 aliphatic heterocycles. The van der Waals surface area contributed by atoms with Gasteiger partial charge < -0.3 is 19.1 Å². The van der Waals surface area contributed by atoms with Gasteiger partial charge in [-0.2, -0.15) is 0 Å². The quantitative estimate of drug-likeness (QED) is 0.0362. The molecule has 0 heterocycles. The first-order valence-corrected chi connectivity index (χ1v) is 29.4. The monoisotopic (exact) mass is 1100 g/mol. The summed E-state index contributed by atoms with van der Waals surface area (Å²) < 4.78 is 17.6. The molecule has 0 unspecified atom stereocenters. The molecule has 0 bridgehead atoms. The molecular weight excluding hydrogens is 999 g/mol. The summed E-state index contributed by atoms with van der Waals surface area (Å²) in [7, 11) is 0. The highest BCUT2D eigenvalue weighted by molar-refractivity contribution is 5.77. The molecule has 6 aromatic carbocycles. The van der Waals surface area contributed by atoms with E-state index >= 15 is 0 Å². The Hall–Kier alpha value is -9.44. The highest BCUT2D eigenvalue weighted by Gasteiger charge is 2.13. The van der Waals surface area contributed by atoms with Gasteiger partial charge in [-0.25, -0.2) is 0 Å². The molecule has 6 rings (SSSR count). The lowest BCUT2D eigenvalue weighted by Gasteiger charge is -2.25. The standard InChI is InChI=1S/C78H75NO3.12H2/c1-4-7-10-13-16-19-22-25-28-31-64-80-76-58-46-70(47-59-76)37-34-67-40-52-73(53-41-67)79(74-54-42-68(43-55-74)35-38-71-48-60-77(61-49-71)81-65-32-29-26-23-20-17-14-11-8-5-2)75-56-44-69(45-57-75)36-39-72-50-62-78(63-51-72)82-66-33-30-27-24-21-18-15-12-9-6-3;;;;;;;;;;;;/h1,40-63H,5-6,8-9,11-12,14-15,17-18,20-21,23-24,26-27,29-30,32-33,65-66H2,2-3H3;12*1H. The van der Waals surface area contributed by atoms with E-state index in [0.29, 0.717) is 5.75 Å². The molecule has 0 aliphatic rings. The fourth-order valence-corrected chi connectivity index (χ4v) is 8.76. The molecular formula is C78H99NO3. The third kappa shape index (κ3) is 25.1. The van der Waals surface area contributed by atoms with Crippen molar-refractivity contribution in [2.24, 2.45) is 0 Å². The lowest BCUT2D eigenvalue weighted by atomic mass is 10.1. The second-order valence-corrected chi connectivity index (χ2v) is 19.8. The molecule has 82 heavy (non-hydrogen) atoms. The van der Waals surface area contributed by atoms with E-state index in [1.807, 2.05) is 84.9 Å². The van der Waals surface area contributed by atoms with Gasteiger partial charge >= 0.3 is 0 Å². The molecule has 0 aromatic heterocycles. The Morgan fingerprint density at radius 2 is 0.561 bits per heavy atom. The summed E-state index contributed by atoms with van der Waals surface area (Å²) >= 11 is 0. The van der Waals surface area contributed by atoms with Gasteiger partial charge in [-0.15, -0.1) is 6.42 Å². The molecule has 0 radical (unpaired) electrons. The molecule has 0 N–H and O–H groups in total. The average molecular weight is 1100 g/mol. The van der Waals surface area contributed by atoms with E-state index in [2.05, 4.69) is 180 Å². The first-order valence-electron chi connectivity index (χ1n) is 29.4. The SMILES string of the molecule is C#CC#CC#CC#CC#CC#COc1ccc(C#Cc2ccc(N(c3ccc(C#Cc4ccc(OCCCCCCCCCCCC)cc4)cc3)c3ccc(C#Cc4ccc(OCCCCCCCCCCCC)cc4)cc3)cc2)cc1.[HH].[HH].[HH].[HH].[HH].[HH].[HH].[HH].[HH].[HH].[HH].[HH]. The van der Waals surface area contributed by atoms with Crippen LogP contribution in [-0.2, 0) is 0 Å². The maximum Gasteiger partial charge on any atom is 0.140 e. The fourth-order valence-electron chi connectivity index (χ4n) is 8.76. The van der Waals surface area contributed by atoms with Crippen LogP contribution in [-0.4, -0.2) is 13.2 Å². The van der Waals surface area contributed by atoms with Crippen molar-refractivity contribution in [3.05, 3.63) is 179 Å². The molecule has 6 aromatic rings. The smallest absolute Gasteiger partial charge is 0.140 e. The number of unbranched alkanes of at least 4 members (excludes halogenated alkanes) is 18. The molecule has 0 fully saturated rings. The molecule has 0 saturated carbocycles. The van der Waals surface area contributed by atoms with Crippen molar-refractivity contribution in [1.82, 2.24) is 0 Å². The average Bonchev–Trinajstić information content (AvgIpc) is 1.37. The normalized spacial score (nSPS) is 9.62. The van der Waals surface area contributed by atoms with E-state index in [1.165, 1.54) is 116 Å². The Labute approximate surface area is 510 Å². The largest absolute Gasteiger partial charge is 0.494 e. The Morgan fingerprint density at radius 1 is 0.305 bits per heavy atom. The maximum absolute atomic E-state index is 6.06. The molecule has 4 heteroatoms. The number of benzene rings is 6. The van der Waals surface area contributed by atoms with Gasteiger partial charge in [-0.05, 0) is 188 Å². The minimum atomic E-state index is 0. The van der Waals surface area contributed by atoms with Crippen LogP contribution >= 0.6 is 0 Å². The highest BCUT2D eigenvalue weighted by Crippen LogP contribution is 2.35. The number of rotatable bonds is 28. The molecule has 434 valence electrons. The van der Waals surface area contributed by atoms with E-state index in [4.69, 9.17) is 20.6 Å². The van der Waals surface area contributed by atoms with Gasteiger partial charge in [0.1, 0.15) is 23.4 Å². The fraction of sp³-hybridized carbons (Fsp3) is 0.308. The molecule has 0 spiro atoms. The van der Waals surface area contributed by atoms with Gasteiger partial charge in [0.2, 0.25) is 0 Å². The molecule has 0 atom stereocenters. The van der Waals surface area contributed by atoms with Crippen LogP contribution in [0.1, 0.15) is 193 Å². The number of hydrogen-bond donors (Lipinski definition) is 0. The van der Waals surface area contributed by atoms with Gasteiger partial charge in [0.05, 0.1) is 13.2 Å². The second kappa shape index (κ2) is 39.0. The Morgan fingerprint density at radius 3 is 0.866 bits per heavy atom. The maximum atomic E-state index is 6.06. The van der Waals surface area contributed by atoms with Crippen LogP contribution in [0.25, 0.3) is 0 Å². The van der Waals surface area contributed by atoms with Crippen LogP contribution in [0.5, 0.6) is 17.2 Å². The number of hydrogen-bond acceptors (Lipinski definition) is 4. The predicted octanol–water partition coefficient (Wildman–Crippen LogP) is 20.9. The second-order valence-electron chi connectivity index (χ2n) is 19.8. The van der Waals surface area contributed by atoms with Crippen molar-refractivity contribution >= 4 is 17.1 Å². The number of ether oxygens (including phenoxy) is 3. The van der Waals surface area contributed by atoms with Crippen molar-refractivity contribution in [3.8, 4) is 125 Å². The summed E-state index contributed by atoms with van der Waals surface area (Å²) in [6, 6.07) is 48.6. The van der Waals surface area contributed by atoms with Gasteiger partial charge in [0.15, 0.2) is 0 Å². The third-order valence-corrected chi connectivity index (χ3v) is 13.3. The van der Waals surface area contributed by atoms with E-state index in [9.17, 15) is 0 Å². The summed E-state index contributed by atoms with van der Waals surface area (Å²) in [5, 5.41) is 0. The Kier molecular flexibility index (Phi) is 29.4. The highest BCUT2D eigenvalue weighted by atomic mass is 16.5.